The second-order valence-electron chi connectivity index (χ2n) is 6.17. The van der Waals surface area contributed by atoms with Crippen LogP contribution in [0, 0.1) is 5.41 Å². The zero-order valence-electron chi connectivity index (χ0n) is 11.5. The Hall–Kier alpha value is -0.540. The first kappa shape index (κ1) is 13.4. The van der Waals surface area contributed by atoms with Crippen LogP contribution in [0.15, 0.2) is 22.7 Å². The molecule has 0 radical (unpaired) electrons. The van der Waals surface area contributed by atoms with Gasteiger partial charge in [0.15, 0.2) is 0 Å². The monoisotopic (exact) mass is 322 g/mol. The number of halogens is 1. The fourth-order valence-electron chi connectivity index (χ4n) is 3.87. The molecular weight excluding hydrogens is 300 g/mol. The summed E-state index contributed by atoms with van der Waals surface area (Å²) < 4.78 is 1.13. The second-order valence-corrected chi connectivity index (χ2v) is 7.09. The third-order valence-electron chi connectivity index (χ3n) is 5.09. The molecule has 1 heterocycles. The molecule has 2 N–H and O–H groups in total. The molecule has 104 valence electrons. The SMILES string of the molecule is NCc1cc(Br)ccc1N1CCC2(CCCC2)CC1. The van der Waals surface area contributed by atoms with Gasteiger partial charge in [0.25, 0.3) is 0 Å². The van der Waals surface area contributed by atoms with E-state index in [9.17, 15) is 0 Å². The van der Waals surface area contributed by atoms with E-state index in [-0.39, 0.29) is 0 Å². The summed E-state index contributed by atoms with van der Waals surface area (Å²) in [6.07, 6.45) is 8.56. The van der Waals surface area contributed by atoms with Crippen LogP contribution in [0.5, 0.6) is 0 Å². The molecule has 0 aromatic heterocycles. The van der Waals surface area contributed by atoms with Crippen molar-refractivity contribution in [2.75, 3.05) is 18.0 Å². The summed E-state index contributed by atoms with van der Waals surface area (Å²) in [5.74, 6) is 0. The summed E-state index contributed by atoms with van der Waals surface area (Å²) >= 11 is 3.54. The van der Waals surface area contributed by atoms with Crippen molar-refractivity contribution >= 4 is 21.6 Å². The van der Waals surface area contributed by atoms with Crippen molar-refractivity contribution in [1.82, 2.24) is 0 Å². The highest BCUT2D eigenvalue weighted by Gasteiger charge is 2.37. The van der Waals surface area contributed by atoms with Crippen molar-refractivity contribution in [2.24, 2.45) is 11.1 Å². The average Bonchev–Trinajstić information content (AvgIpc) is 2.88. The molecule has 1 aromatic rings. The number of benzene rings is 1. The average molecular weight is 323 g/mol. The molecule has 0 unspecified atom stereocenters. The van der Waals surface area contributed by atoms with Gasteiger partial charge in [0.2, 0.25) is 0 Å². The molecule has 1 spiro atoms. The number of rotatable bonds is 2. The first-order chi connectivity index (χ1) is 9.22. The van der Waals surface area contributed by atoms with E-state index in [2.05, 4.69) is 39.0 Å². The molecule has 1 saturated heterocycles. The number of nitrogens with zero attached hydrogens (tertiary/aromatic N) is 1. The summed E-state index contributed by atoms with van der Waals surface area (Å²) in [6, 6.07) is 6.52. The van der Waals surface area contributed by atoms with Crippen LogP contribution < -0.4 is 10.6 Å². The summed E-state index contributed by atoms with van der Waals surface area (Å²) in [5, 5.41) is 0. The molecule has 2 nitrogen and oxygen atoms in total. The van der Waals surface area contributed by atoms with Crippen LogP contribution in [0.3, 0.4) is 0 Å². The lowest BCUT2D eigenvalue weighted by Crippen LogP contribution is -2.39. The first-order valence-electron chi connectivity index (χ1n) is 7.46. The summed E-state index contributed by atoms with van der Waals surface area (Å²) in [4.78, 5) is 2.54. The summed E-state index contributed by atoms with van der Waals surface area (Å²) in [7, 11) is 0. The molecule has 2 aliphatic rings. The van der Waals surface area contributed by atoms with Crippen molar-refractivity contribution in [2.45, 2.75) is 45.1 Å². The van der Waals surface area contributed by atoms with Crippen LogP contribution >= 0.6 is 15.9 Å². The number of hydrogen-bond donors (Lipinski definition) is 1. The van der Waals surface area contributed by atoms with E-state index in [0.717, 1.165) is 4.47 Å². The smallest absolute Gasteiger partial charge is 0.0412 e. The van der Waals surface area contributed by atoms with Gasteiger partial charge in [-0.05, 0) is 54.9 Å². The third-order valence-corrected chi connectivity index (χ3v) is 5.58. The lowest BCUT2D eigenvalue weighted by atomic mass is 9.77. The van der Waals surface area contributed by atoms with Gasteiger partial charge in [-0.25, -0.2) is 0 Å². The molecule has 1 aliphatic heterocycles. The molecule has 2 fully saturated rings. The van der Waals surface area contributed by atoms with E-state index in [0.29, 0.717) is 12.0 Å². The topological polar surface area (TPSA) is 29.3 Å². The van der Waals surface area contributed by atoms with Crippen molar-refractivity contribution < 1.29 is 0 Å². The predicted molar refractivity (Wildman–Crippen MR) is 84.4 cm³/mol. The zero-order chi connectivity index (χ0) is 13.3. The van der Waals surface area contributed by atoms with Gasteiger partial charge in [0.1, 0.15) is 0 Å². The van der Waals surface area contributed by atoms with Crippen LogP contribution in [0.4, 0.5) is 5.69 Å². The van der Waals surface area contributed by atoms with Crippen LogP contribution in [-0.2, 0) is 6.54 Å². The van der Waals surface area contributed by atoms with Gasteiger partial charge in [0, 0.05) is 29.8 Å². The molecule has 3 heteroatoms. The van der Waals surface area contributed by atoms with Crippen molar-refractivity contribution in [1.29, 1.82) is 0 Å². The van der Waals surface area contributed by atoms with Crippen molar-refractivity contribution in [3.05, 3.63) is 28.2 Å². The van der Waals surface area contributed by atoms with Gasteiger partial charge < -0.3 is 10.6 Å². The zero-order valence-corrected chi connectivity index (χ0v) is 13.1. The normalized spacial score (nSPS) is 22.1. The van der Waals surface area contributed by atoms with Crippen LogP contribution in [0.1, 0.15) is 44.1 Å². The van der Waals surface area contributed by atoms with Gasteiger partial charge in [0.05, 0.1) is 0 Å². The van der Waals surface area contributed by atoms with Gasteiger partial charge in [-0.3, -0.25) is 0 Å². The van der Waals surface area contributed by atoms with Gasteiger partial charge in [-0.1, -0.05) is 28.8 Å². The molecule has 0 atom stereocenters. The van der Waals surface area contributed by atoms with E-state index in [1.807, 2.05) is 0 Å². The Morgan fingerprint density at radius 3 is 2.42 bits per heavy atom. The highest BCUT2D eigenvalue weighted by atomic mass is 79.9. The van der Waals surface area contributed by atoms with Crippen LogP contribution in [0.25, 0.3) is 0 Å². The Kier molecular flexibility index (Phi) is 3.86. The maximum Gasteiger partial charge on any atom is 0.0412 e. The molecule has 1 aliphatic carbocycles. The quantitative estimate of drug-likeness (QED) is 0.889. The van der Waals surface area contributed by atoms with E-state index >= 15 is 0 Å². The second kappa shape index (κ2) is 5.45. The molecule has 3 rings (SSSR count). The Bertz CT molecular complexity index is 442. The van der Waals surface area contributed by atoms with Gasteiger partial charge in [-0.2, -0.15) is 0 Å². The highest BCUT2D eigenvalue weighted by Crippen LogP contribution is 2.46. The largest absolute Gasteiger partial charge is 0.371 e. The molecule has 1 aromatic carbocycles. The Morgan fingerprint density at radius 1 is 1.11 bits per heavy atom. The molecule has 19 heavy (non-hydrogen) atoms. The van der Waals surface area contributed by atoms with E-state index in [1.165, 1.54) is 62.9 Å². The maximum atomic E-state index is 5.89. The highest BCUT2D eigenvalue weighted by molar-refractivity contribution is 9.10. The number of anilines is 1. The number of nitrogens with two attached hydrogens (primary N) is 1. The first-order valence-corrected chi connectivity index (χ1v) is 8.25. The third kappa shape index (κ3) is 2.68. The fraction of sp³-hybridized carbons (Fsp3) is 0.625. The van der Waals surface area contributed by atoms with Crippen LogP contribution in [0.2, 0.25) is 0 Å². The van der Waals surface area contributed by atoms with Gasteiger partial charge >= 0.3 is 0 Å². The number of piperidine rings is 1. The maximum absolute atomic E-state index is 5.89. The minimum Gasteiger partial charge on any atom is -0.371 e. The summed E-state index contributed by atoms with van der Waals surface area (Å²) in [5.41, 5.74) is 9.19. The fourth-order valence-corrected chi connectivity index (χ4v) is 4.28. The Balaban J connectivity index is 1.74. The van der Waals surface area contributed by atoms with Crippen molar-refractivity contribution in [3.63, 3.8) is 0 Å². The van der Waals surface area contributed by atoms with E-state index in [4.69, 9.17) is 5.73 Å². The Morgan fingerprint density at radius 2 is 1.79 bits per heavy atom. The van der Waals surface area contributed by atoms with Crippen molar-refractivity contribution in [3.8, 4) is 0 Å². The standard InChI is InChI=1S/C16H23BrN2/c17-14-3-4-15(13(11-14)12-18)19-9-7-16(8-10-19)5-1-2-6-16/h3-4,11H,1-2,5-10,12,18H2. The summed E-state index contributed by atoms with van der Waals surface area (Å²) in [6.45, 7) is 3.03. The van der Waals surface area contributed by atoms with Crippen LogP contribution in [-0.4, -0.2) is 13.1 Å². The minimum absolute atomic E-state index is 0.621. The lowest BCUT2D eigenvalue weighted by molar-refractivity contribution is 0.226. The molecule has 0 amide bonds. The van der Waals surface area contributed by atoms with E-state index < -0.39 is 0 Å². The number of hydrogen-bond acceptors (Lipinski definition) is 2. The lowest BCUT2D eigenvalue weighted by Gasteiger charge is -2.41. The van der Waals surface area contributed by atoms with E-state index in [1.54, 1.807) is 0 Å². The molecule has 1 saturated carbocycles. The molecular formula is C16H23BrN2. The minimum atomic E-state index is 0.621. The molecule has 0 bridgehead atoms. The predicted octanol–water partition coefficient (Wildman–Crippen LogP) is 4.07. The Labute approximate surface area is 124 Å². The van der Waals surface area contributed by atoms with Gasteiger partial charge in [-0.15, -0.1) is 0 Å².